The van der Waals surface area contributed by atoms with Crippen LogP contribution >= 0.6 is 11.6 Å². The summed E-state index contributed by atoms with van der Waals surface area (Å²) in [5.41, 5.74) is 1.69. The van der Waals surface area contributed by atoms with Gasteiger partial charge < -0.3 is 5.11 Å². The number of carbonyl (C=O) groups is 1. The van der Waals surface area contributed by atoms with E-state index in [1.807, 2.05) is 29.8 Å². The van der Waals surface area contributed by atoms with E-state index < -0.39 is 5.60 Å². The van der Waals surface area contributed by atoms with Gasteiger partial charge in [0.15, 0.2) is 5.78 Å². The predicted octanol–water partition coefficient (Wildman–Crippen LogP) is 6.21. The number of nitrogens with one attached hydrogen (secondary N) is 1. The highest BCUT2D eigenvalue weighted by atomic mass is 35.5. The molecule has 5 heteroatoms. The molecule has 4 saturated carbocycles. The first kappa shape index (κ1) is 21.3. The van der Waals surface area contributed by atoms with Gasteiger partial charge in [-0.25, -0.2) is 0 Å². The second kappa shape index (κ2) is 7.37. The monoisotopic (exact) mass is 456 g/mol. The van der Waals surface area contributed by atoms with E-state index in [2.05, 4.69) is 12.0 Å². The quantitative estimate of drug-likeness (QED) is 0.576. The molecule has 174 valence electrons. The van der Waals surface area contributed by atoms with E-state index in [0.29, 0.717) is 29.2 Å². The van der Waals surface area contributed by atoms with Gasteiger partial charge in [0.1, 0.15) is 5.52 Å². The molecule has 4 nitrogen and oxygen atoms in total. The van der Waals surface area contributed by atoms with Crippen LogP contribution in [0.1, 0.15) is 71.6 Å². The second-order valence-corrected chi connectivity index (χ2v) is 12.6. The maximum atomic E-state index is 13.5. The molecule has 0 radical (unpaired) electrons. The van der Waals surface area contributed by atoms with Crippen molar-refractivity contribution >= 4 is 28.4 Å². The molecule has 4 fully saturated rings. The van der Waals surface area contributed by atoms with Crippen molar-refractivity contribution in [3.8, 4) is 0 Å². The van der Waals surface area contributed by atoms with E-state index in [1.54, 1.807) is 0 Å². The van der Waals surface area contributed by atoms with Crippen LogP contribution in [-0.2, 0) is 11.3 Å². The molecule has 2 N–H and O–H groups in total. The van der Waals surface area contributed by atoms with Crippen molar-refractivity contribution in [1.29, 1.82) is 0 Å². The summed E-state index contributed by atoms with van der Waals surface area (Å²) in [5.74, 6) is 4.37. The molecule has 0 bridgehead atoms. The van der Waals surface area contributed by atoms with Gasteiger partial charge in [-0.2, -0.15) is 0 Å². The van der Waals surface area contributed by atoms with Crippen LogP contribution in [0.15, 0.2) is 18.2 Å². The third-order valence-electron chi connectivity index (χ3n) is 10.5. The number of para-hydroxylation sites is 1. The molecule has 8 atom stereocenters. The van der Waals surface area contributed by atoms with Crippen molar-refractivity contribution in [3.05, 3.63) is 23.2 Å². The fraction of sp³-hybridized carbons (Fsp3) is 0.741. The number of carbonyl (C=O) groups excluding carboxylic acids is 1. The van der Waals surface area contributed by atoms with Crippen LogP contribution in [-0.4, -0.2) is 26.3 Å². The number of aliphatic hydroxyl groups is 1. The number of rotatable bonds is 3. The first-order valence-electron chi connectivity index (χ1n) is 12.8. The van der Waals surface area contributed by atoms with Crippen LogP contribution in [0.2, 0.25) is 5.02 Å². The van der Waals surface area contributed by atoms with Crippen LogP contribution in [0, 0.1) is 40.9 Å². The SMILES string of the molecule is C[C@@]1(O)CC[C@H]2[C@H](CC[C@@H]3[C@@H]2CC[C@]2(C)[C@@H](C(=O)Cn4[nH]c5cccc(Cl)c54)CC[C@@H]32)C1. The number of hydrogen-bond acceptors (Lipinski definition) is 2. The van der Waals surface area contributed by atoms with Crippen LogP contribution in [0.5, 0.6) is 0 Å². The Labute approximate surface area is 196 Å². The normalized spacial score (nSPS) is 43.6. The number of halogens is 1. The molecule has 0 unspecified atom stereocenters. The Kier molecular flexibility index (Phi) is 4.90. The Hall–Kier alpha value is -1.26. The van der Waals surface area contributed by atoms with Gasteiger partial charge >= 0.3 is 0 Å². The Bertz CT molecular complexity index is 1040. The third-order valence-corrected chi connectivity index (χ3v) is 10.8. The highest BCUT2D eigenvalue weighted by Crippen LogP contribution is 2.64. The average Bonchev–Trinajstić information content (AvgIpc) is 3.08. The fourth-order valence-corrected chi connectivity index (χ4v) is 9.30. The average molecular weight is 457 g/mol. The molecule has 0 amide bonds. The lowest BCUT2D eigenvalue weighted by atomic mass is 9.49. The highest BCUT2D eigenvalue weighted by molar-refractivity contribution is 6.35. The minimum absolute atomic E-state index is 0.152. The third kappa shape index (κ3) is 3.15. The lowest BCUT2D eigenvalue weighted by Gasteiger charge is -2.56. The second-order valence-electron chi connectivity index (χ2n) is 12.1. The largest absolute Gasteiger partial charge is 0.390 e. The van der Waals surface area contributed by atoms with E-state index in [4.69, 9.17) is 11.6 Å². The number of aromatic amines is 1. The van der Waals surface area contributed by atoms with Crippen LogP contribution in [0.4, 0.5) is 0 Å². The highest BCUT2D eigenvalue weighted by Gasteiger charge is 2.58. The zero-order chi connectivity index (χ0) is 22.3. The first-order valence-corrected chi connectivity index (χ1v) is 13.2. The number of aromatic nitrogens is 2. The maximum absolute atomic E-state index is 13.5. The molecule has 0 aliphatic heterocycles. The molecule has 32 heavy (non-hydrogen) atoms. The van der Waals surface area contributed by atoms with Gasteiger partial charge in [0.05, 0.1) is 22.7 Å². The molecule has 1 aromatic heterocycles. The Morgan fingerprint density at radius 3 is 2.72 bits per heavy atom. The van der Waals surface area contributed by atoms with Crippen molar-refractivity contribution in [2.24, 2.45) is 40.9 Å². The maximum Gasteiger partial charge on any atom is 0.157 e. The zero-order valence-electron chi connectivity index (χ0n) is 19.4. The summed E-state index contributed by atoms with van der Waals surface area (Å²) in [6.07, 6.45) is 10.5. The van der Waals surface area contributed by atoms with Crippen molar-refractivity contribution in [2.45, 2.75) is 83.8 Å². The van der Waals surface area contributed by atoms with E-state index in [0.717, 1.165) is 48.0 Å². The Morgan fingerprint density at radius 2 is 1.91 bits per heavy atom. The number of nitrogens with zero attached hydrogens (tertiary/aromatic N) is 1. The lowest BCUT2D eigenvalue weighted by Crippen LogP contribution is -2.51. The van der Waals surface area contributed by atoms with Crippen LogP contribution < -0.4 is 0 Å². The summed E-state index contributed by atoms with van der Waals surface area (Å²) in [6.45, 7) is 4.89. The number of benzene rings is 1. The summed E-state index contributed by atoms with van der Waals surface area (Å²) in [7, 11) is 0. The first-order chi connectivity index (χ1) is 15.3. The summed E-state index contributed by atoms with van der Waals surface area (Å²) in [5, 5.41) is 14.6. The van der Waals surface area contributed by atoms with Crippen molar-refractivity contribution in [1.82, 2.24) is 9.78 Å². The van der Waals surface area contributed by atoms with Gasteiger partial charge in [0.2, 0.25) is 0 Å². The fourth-order valence-electron chi connectivity index (χ4n) is 9.02. The topological polar surface area (TPSA) is 58.0 Å². The van der Waals surface area contributed by atoms with Gasteiger partial charge in [0.25, 0.3) is 0 Å². The van der Waals surface area contributed by atoms with Crippen molar-refractivity contribution < 1.29 is 9.90 Å². The molecule has 1 aromatic carbocycles. The summed E-state index contributed by atoms with van der Waals surface area (Å²) in [6, 6.07) is 5.85. The molecule has 0 saturated heterocycles. The summed E-state index contributed by atoms with van der Waals surface area (Å²) < 4.78 is 1.95. The standard InChI is InChI=1S/C27H37ClN2O2/c1-26(32)12-10-17-16(14-26)6-7-19-18(17)11-13-27(2)20(19)8-9-21(27)24(31)15-30-25-22(28)4-3-5-23(25)29-30/h3-5,16-21,29,32H,6-15H2,1-2H3/t16-,17+,18-,19-,20+,21-,26-,27+/m1/s1. The molecule has 6 rings (SSSR count). The lowest BCUT2D eigenvalue weighted by molar-refractivity contribution is -0.133. The van der Waals surface area contributed by atoms with Gasteiger partial charge in [-0.05, 0) is 112 Å². The molecule has 4 aliphatic rings. The summed E-state index contributed by atoms with van der Waals surface area (Å²) in [4.78, 5) is 13.5. The number of hydrogen-bond donors (Lipinski definition) is 2. The van der Waals surface area contributed by atoms with E-state index >= 15 is 0 Å². The van der Waals surface area contributed by atoms with Crippen molar-refractivity contribution in [2.75, 3.05) is 0 Å². The van der Waals surface area contributed by atoms with Crippen molar-refractivity contribution in [3.63, 3.8) is 0 Å². The number of ketones is 1. The van der Waals surface area contributed by atoms with Gasteiger partial charge in [0, 0.05) is 5.92 Å². The van der Waals surface area contributed by atoms with Crippen LogP contribution in [0.3, 0.4) is 0 Å². The van der Waals surface area contributed by atoms with Crippen LogP contribution in [0.25, 0.3) is 11.0 Å². The summed E-state index contributed by atoms with van der Waals surface area (Å²) >= 11 is 6.38. The predicted molar refractivity (Wildman–Crippen MR) is 128 cm³/mol. The van der Waals surface area contributed by atoms with E-state index in [1.165, 1.54) is 38.5 Å². The smallest absolute Gasteiger partial charge is 0.157 e. The van der Waals surface area contributed by atoms with Gasteiger partial charge in [-0.3, -0.25) is 14.6 Å². The molecule has 0 spiro atoms. The van der Waals surface area contributed by atoms with E-state index in [9.17, 15) is 9.90 Å². The minimum atomic E-state index is -0.450. The number of H-pyrrole nitrogens is 1. The van der Waals surface area contributed by atoms with Gasteiger partial charge in [-0.15, -0.1) is 0 Å². The molecule has 1 heterocycles. The van der Waals surface area contributed by atoms with E-state index in [-0.39, 0.29) is 11.3 Å². The molecular weight excluding hydrogens is 420 g/mol. The molecule has 4 aliphatic carbocycles. The molecular formula is C27H37ClN2O2. The number of Topliss-reactive ketones (excluding diaryl/α,β-unsaturated/α-hetero) is 1. The Balaban J connectivity index is 1.19. The number of fused-ring (bicyclic) bond motifs is 6. The van der Waals surface area contributed by atoms with Gasteiger partial charge in [-0.1, -0.05) is 24.6 Å². The molecule has 2 aromatic rings. The minimum Gasteiger partial charge on any atom is -0.390 e. The zero-order valence-corrected chi connectivity index (χ0v) is 20.2. The Morgan fingerprint density at radius 1 is 1.09 bits per heavy atom.